The molecule has 0 unspecified atom stereocenters. The van der Waals surface area contributed by atoms with E-state index >= 15 is 0 Å². The molecule has 0 amide bonds. The summed E-state index contributed by atoms with van der Waals surface area (Å²) in [5.41, 5.74) is 2.64. The zero-order valence-electron chi connectivity index (χ0n) is 9.00. The lowest BCUT2D eigenvalue weighted by Gasteiger charge is -2.22. The van der Waals surface area contributed by atoms with Crippen LogP contribution in [0.5, 0.6) is 5.75 Å². The van der Waals surface area contributed by atoms with Gasteiger partial charge in [-0.25, -0.2) is 8.78 Å². The molecule has 0 fully saturated rings. The van der Waals surface area contributed by atoms with Crippen LogP contribution in [-0.2, 0) is 0 Å². The van der Waals surface area contributed by atoms with Crippen molar-refractivity contribution < 1.29 is 22.3 Å². The minimum absolute atomic E-state index is 0.989. The molecule has 0 aromatic heterocycles. The summed E-state index contributed by atoms with van der Waals surface area (Å²) in [7, 11) is 0. The molecule has 2 nitrogen and oxygen atoms in total. The Morgan fingerprint density at radius 1 is 0.875 bits per heavy atom. The first-order chi connectivity index (χ1) is 7.15. The fraction of sp³-hybridized carbons (Fsp3) is 0.400. The molecule has 1 aromatic rings. The average molecular weight is 237 g/mol. The number of rotatable bonds is 1. The van der Waals surface area contributed by atoms with Crippen LogP contribution in [0.1, 0.15) is 20.8 Å². The lowest BCUT2D eigenvalue weighted by molar-refractivity contribution is 0.114. The maximum atomic E-state index is 13.2. The second kappa shape index (κ2) is 3.84. The van der Waals surface area contributed by atoms with Crippen molar-refractivity contribution in [2.45, 2.75) is 26.4 Å². The van der Waals surface area contributed by atoms with E-state index in [0.29, 0.717) is 0 Å². The van der Waals surface area contributed by atoms with E-state index in [0.717, 1.165) is 0 Å². The summed E-state index contributed by atoms with van der Waals surface area (Å²) in [6.07, 6.45) is 0. The first-order valence-electron chi connectivity index (χ1n) is 4.45. The smallest absolute Gasteiger partial charge is 0.206 e. The van der Waals surface area contributed by atoms with Gasteiger partial charge in [0.25, 0.3) is 0 Å². The molecular formula is C10H11F4NO. The van der Waals surface area contributed by atoms with Gasteiger partial charge in [0.2, 0.25) is 11.6 Å². The molecule has 90 valence electrons. The van der Waals surface area contributed by atoms with Crippen LogP contribution < -0.4 is 10.5 Å². The zero-order chi connectivity index (χ0) is 12.7. The molecule has 6 heteroatoms. The summed E-state index contributed by atoms with van der Waals surface area (Å²) >= 11 is 0. The predicted octanol–water partition coefficient (Wildman–Crippen LogP) is 3.00. The molecule has 0 saturated carbocycles. The quantitative estimate of drug-likeness (QED) is 0.463. The van der Waals surface area contributed by atoms with Crippen molar-refractivity contribution in [3.05, 3.63) is 23.3 Å². The Kier molecular flexibility index (Phi) is 3.03. The van der Waals surface area contributed by atoms with Gasteiger partial charge in [-0.2, -0.15) is 8.78 Å². The molecule has 0 aliphatic carbocycles. The van der Waals surface area contributed by atoms with Gasteiger partial charge in [0.15, 0.2) is 17.4 Å². The highest BCUT2D eigenvalue weighted by atomic mass is 19.2. The number of hydrogen-bond acceptors (Lipinski definition) is 2. The molecule has 0 atom stereocenters. The van der Waals surface area contributed by atoms with Crippen LogP contribution in [0, 0.1) is 23.3 Å². The van der Waals surface area contributed by atoms with Crippen LogP contribution >= 0.6 is 0 Å². The Morgan fingerprint density at radius 3 is 1.56 bits per heavy atom. The highest BCUT2D eigenvalue weighted by molar-refractivity contribution is 5.47. The van der Waals surface area contributed by atoms with E-state index in [1.807, 2.05) is 0 Å². The molecule has 0 heterocycles. The highest BCUT2D eigenvalue weighted by Gasteiger charge is 2.27. The fourth-order valence-electron chi connectivity index (χ4n) is 1.02. The summed E-state index contributed by atoms with van der Waals surface area (Å²) in [6.45, 7) is 4.45. The third-order valence-electron chi connectivity index (χ3n) is 1.67. The molecule has 1 aromatic carbocycles. The van der Waals surface area contributed by atoms with Gasteiger partial charge < -0.3 is 10.5 Å². The molecule has 0 bridgehead atoms. The van der Waals surface area contributed by atoms with Gasteiger partial charge in [0.05, 0.1) is 0 Å². The van der Waals surface area contributed by atoms with Crippen LogP contribution in [-0.4, -0.2) is 5.60 Å². The number of hydrogen-bond donors (Lipinski definition) is 1. The third kappa shape index (κ3) is 2.20. The largest absolute Gasteiger partial charge is 0.482 e. The first-order valence-corrected chi connectivity index (χ1v) is 4.45. The highest BCUT2D eigenvalue weighted by Crippen LogP contribution is 2.33. The Bertz CT molecular complexity index is 397. The van der Waals surface area contributed by atoms with Gasteiger partial charge in [-0.3, -0.25) is 0 Å². The van der Waals surface area contributed by atoms with Gasteiger partial charge in [0, 0.05) is 0 Å². The molecule has 1 rings (SSSR count). The minimum atomic E-state index is -1.65. The molecule has 0 saturated heterocycles. The first kappa shape index (κ1) is 12.6. The number of anilines is 1. The van der Waals surface area contributed by atoms with E-state index in [1.165, 1.54) is 20.8 Å². The van der Waals surface area contributed by atoms with Crippen molar-refractivity contribution in [1.82, 2.24) is 0 Å². The predicted molar refractivity (Wildman–Crippen MR) is 51.1 cm³/mol. The van der Waals surface area contributed by atoms with Crippen molar-refractivity contribution in [3.8, 4) is 5.75 Å². The second-order valence-electron chi connectivity index (χ2n) is 4.21. The van der Waals surface area contributed by atoms with Crippen LogP contribution in [0.25, 0.3) is 0 Å². The molecule has 0 radical (unpaired) electrons. The topological polar surface area (TPSA) is 35.2 Å². The lowest BCUT2D eigenvalue weighted by Crippen LogP contribution is -2.25. The third-order valence-corrected chi connectivity index (χ3v) is 1.67. The number of nitrogens with two attached hydrogens (primary N) is 1. The van der Waals surface area contributed by atoms with Crippen LogP contribution in [0.4, 0.5) is 23.2 Å². The van der Waals surface area contributed by atoms with Crippen LogP contribution in [0.3, 0.4) is 0 Å². The molecule has 2 N–H and O–H groups in total. The van der Waals surface area contributed by atoms with Gasteiger partial charge in [0.1, 0.15) is 11.3 Å². The maximum absolute atomic E-state index is 13.2. The van der Waals surface area contributed by atoms with Gasteiger partial charge in [-0.05, 0) is 20.8 Å². The number of benzene rings is 1. The van der Waals surface area contributed by atoms with Crippen molar-refractivity contribution in [2.24, 2.45) is 0 Å². The van der Waals surface area contributed by atoms with Gasteiger partial charge in [-0.15, -0.1) is 0 Å². The molecule has 0 aliphatic heterocycles. The van der Waals surface area contributed by atoms with Crippen molar-refractivity contribution in [1.29, 1.82) is 0 Å². The van der Waals surface area contributed by atoms with E-state index in [-0.39, 0.29) is 0 Å². The average Bonchev–Trinajstić information content (AvgIpc) is 2.17. The number of halogens is 4. The Labute approximate surface area is 90.0 Å². The number of nitrogen functional groups attached to an aromatic ring is 1. The summed E-state index contributed by atoms with van der Waals surface area (Å²) in [5, 5.41) is 0. The van der Waals surface area contributed by atoms with Gasteiger partial charge >= 0.3 is 0 Å². The van der Waals surface area contributed by atoms with E-state index in [4.69, 9.17) is 10.5 Å². The van der Waals surface area contributed by atoms with E-state index in [9.17, 15) is 17.6 Å². The standard InChI is InChI=1S/C10H11F4NO/c1-10(2,3)16-9-6(13)4(11)8(15)5(12)7(9)14/h15H2,1-3H3. The van der Waals surface area contributed by atoms with Crippen molar-refractivity contribution in [3.63, 3.8) is 0 Å². The van der Waals surface area contributed by atoms with E-state index < -0.39 is 40.3 Å². The summed E-state index contributed by atoms with van der Waals surface area (Å²) < 4.78 is 57.3. The maximum Gasteiger partial charge on any atom is 0.206 e. The Morgan fingerprint density at radius 2 is 1.25 bits per heavy atom. The monoisotopic (exact) mass is 237 g/mol. The lowest BCUT2D eigenvalue weighted by atomic mass is 10.2. The normalized spacial score (nSPS) is 11.7. The van der Waals surface area contributed by atoms with Crippen molar-refractivity contribution >= 4 is 5.69 Å². The summed E-state index contributed by atoms with van der Waals surface area (Å²) in [4.78, 5) is 0. The minimum Gasteiger partial charge on any atom is -0.482 e. The summed E-state index contributed by atoms with van der Waals surface area (Å²) in [5.74, 6) is -7.68. The second-order valence-corrected chi connectivity index (χ2v) is 4.21. The van der Waals surface area contributed by atoms with Gasteiger partial charge in [-0.1, -0.05) is 0 Å². The van der Waals surface area contributed by atoms with E-state index in [2.05, 4.69) is 0 Å². The Balaban J connectivity index is 3.40. The van der Waals surface area contributed by atoms with Crippen LogP contribution in [0.15, 0.2) is 0 Å². The zero-order valence-corrected chi connectivity index (χ0v) is 9.00. The van der Waals surface area contributed by atoms with Crippen LogP contribution in [0.2, 0.25) is 0 Å². The van der Waals surface area contributed by atoms with Crippen molar-refractivity contribution in [2.75, 3.05) is 5.73 Å². The fourth-order valence-corrected chi connectivity index (χ4v) is 1.02. The van der Waals surface area contributed by atoms with E-state index in [1.54, 1.807) is 0 Å². The molecule has 0 aliphatic rings. The molecule has 16 heavy (non-hydrogen) atoms. The Hall–Kier alpha value is -1.46. The number of ether oxygens (including phenoxy) is 1. The molecule has 0 spiro atoms. The molecular weight excluding hydrogens is 226 g/mol. The summed E-state index contributed by atoms with van der Waals surface area (Å²) in [6, 6.07) is 0. The SMILES string of the molecule is CC(C)(C)Oc1c(F)c(F)c(N)c(F)c1F.